The van der Waals surface area contributed by atoms with Gasteiger partial charge in [0.2, 0.25) is 0 Å². The van der Waals surface area contributed by atoms with Gasteiger partial charge in [0, 0.05) is 11.9 Å². The minimum atomic E-state index is -2.85. The Morgan fingerprint density at radius 1 is 1.67 bits per heavy atom. The summed E-state index contributed by atoms with van der Waals surface area (Å²) in [6, 6.07) is 0. The maximum Gasteiger partial charge on any atom is 0.183 e. The van der Waals surface area contributed by atoms with Crippen molar-refractivity contribution < 1.29 is 8.42 Å². The summed E-state index contributed by atoms with van der Waals surface area (Å²) in [4.78, 5) is 4.15. The van der Waals surface area contributed by atoms with Crippen LogP contribution in [-0.4, -0.2) is 30.9 Å². The average Bonchev–Trinajstić information content (AvgIpc) is 2.69. The molecule has 2 heterocycles. The third-order valence-corrected chi connectivity index (χ3v) is 6.21. The number of anilines is 1. The van der Waals surface area contributed by atoms with E-state index in [9.17, 15) is 8.42 Å². The first-order valence-electron chi connectivity index (χ1n) is 4.64. The van der Waals surface area contributed by atoms with E-state index < -0.39 is 9.84 Å². The molecule has 1 saturated heterocycles. The first-order valence-corrected chi connectivity index (χ1v) is 8.03. The van der Waals surface area contributed by atoms with E-state index in [1.807, 2.05) is 5.38 Å². The normalized spacial score (nSPS) is 24.2. The standard InChI is InChI=1S/C8H11BrN2O2S2/c9-7-5-14-8(11-7)10-4-6-2-1-3-15(6,12)13/h5-6H,1-4H2,(H,10,11). The van der Waals surface area contributed by atoms with Crippen LogP contribution in [0.25, 0.3) is 0 Å². The molecule has 0 amide bonds. The summed E-state index contributed by atoms with van der Waals surface area (Å²) in [5.74, 6) is 0.334. The van der Waals surface area contributed by atoms with Crippen molar-refractivity contribution in [1.82, 2.24) is 4.98 Å². The van der Waals surface area contributed by atoms with Crippen LogP contribution in [0.3, 0.4) is 0 Å². The summed E-state index contributed by atoms with van der Waals surface area (Å²) in [5.41, 5.74) is 0. The van der Waals surface area contributed by atoms with Gasteiger partial charge >= 0.3 is 0 Å². The van der Waals surface area contributed by atoms with Gasteiger partial charge in [-0.2, -0.15) is 0 Å². The van der Waals surface area contributed by atoms with Crippen molar-refractivity contribution in [2.45, 2.75) is 18.1 Å². The minimum Gasteiger partial charge on any atom is -0.360 e. The Morgan fingerprint density at radius 2 is 2.47 bits per heavy atom. The van der Waals surface area contributed by atoms with E-state index in [1.165, 1.54) is 11.3 Å². The lowest BCUT2D eigenvalue weighted by molar-refractivity contribution is 0.591. The Morgan fingerprint density at radius 3 is 3.00 bits per heavy atom. The molecule has 15 heavy (non-hydrogen) atoms. The van der Waals surface area contributed by atoms with Crippen LogP contribution in [-0.2, 0) is 9.84 Å². The van der Waals surface area contributed by atoms with Gasteiger partial charge in [0.1, 0.15) is 4.60 Å². The fourth-order valence-corrected chi connectivity index (χ4v) is 4.54. The summed E-state index contributed by atoms with van der Waals surface area (Å²) in [7, 11) is -2.85. The molecule has 0 spiro atoms. The van der Waals surface area contributed by atoms with Crippen LogP contribution in [0.15, 0.2) is 9.98 Å². The molecule has 7 heteroatoms. The smallest absolute Gasteiger partial charge is 0.183 e. The Bertz CT molecular complexity index is 443. The SMILES string of the molecule is O=S1(=O)CCCC1CNc1nc(Br)cs1. The number of nitrogens with one attached hydrogen (secondary N) is 1. The zero-order chi connectivity index (χ0) is 10.9. The third-order valence-electron chi connectivity index (χ3n) is 2.42. The molecule has 84 valence electrons. The highest BCUT2D eigenvalue weighted by atomic mass is 79.9. The molecule has 0 aromatic carbocycles. The number of nitrogens with zero attached hydrogens (tertiary/aromatic N) is 1. The van der Waals surface area contributed by atoms with Gasteiger partial charge in [0.05, 0.1) is 11.0 Å². The van der Waals surface area contributed by atoms with Crippen molar-refractivity contribution in [3.8, 4) is 0 Å². The lowest BCUT2D eigenvalue weighted by Crippen LogP contribution is -2.24. The van der Waals surface area contributed by atoms with Crippen molar-refractivity contribution in [3.05, 3.63) is 9.98 Å². The Balaban J connectivity index is 1.94. The second-order valence-corrected chi connectivity index (χ2v) is 7.56. The second-order valence-electron chi connectivity index (χ2n) is 3.49. The predicted octanol–water partition coefficient (Wildman–Crippen LogP) is 1.89. The second kappa shape index (κ2) is 4.39. The van der Waals surface area contributed by atoms with Crippen molar-refractivity contribution in [2.24, 2.45) is 0 Å². The fraction of sp³-hybridized carbons (Fsp3) is 0.625. The summed E-state index contributed by atoms with van der Waals surface area (Å²) < 4.78 is 23.8. The van der Waals surface area contributed by atoms with E-state index in [-0.39, 0.29) is 5.25 Å². The molecule has 0 bridgehead atoms. The number of hydrogen-bond donors (Lipinski definition) is 1. The number of rotatable bonds is 3. The average molecular weight is 311 g/mol. The molecule has 4 nitrogen and oxygen atoms in total. The highest BCUT2D eigenvalue weighted by Crippen LogP contribution is 2.23. The van der Waals surface area contributed by atoms with Gasteiger partial charge in [-0.25, -0.2) is 13.4 Å². The molecule has 1 aromatic heterocycles. The molecule has 1 atom stereocenters. The quantitative estimate of drug-likeness (QED) is 0.926. The van der Waals surface area contributed by atoms with E-state index in [0.717, 1.165) is 22.6 Å². The summed E-state index contributed by atoms with van der Waals surface area (Å²) >= 11 is 4.72. The number of halogens is 1. The van der Waals surface area contributed by atoms with E-state index in [0.29, 0.717) is 12.3 Å². The summed E-state index contributed by atoms with van der Waals surface area (Å²) in [6.45, 7) is 0.474. The molecule has 1 unspecified atom stereocenters. The van der Waals surface area contributed by atoms with Gasteiger partial charge in [-0.3, -0.25) is 0 Å². The zero-order valence-corrected chi connectivity index (χ0v) is 11.2. The van der Waals surface area contributed by atoms with Crippen molar-refractivity contribution in [2.75, 3.05) is 17.6 Å². The first kappa shape index (κ1) is 11.3. The topological polar surface area (TPSA) is 59.1 Å². The monoisotopic (exact) mass is 310 g/mol. The third kappa shape index (κ3) is 2.70. The molecule has 1 fully saturated rings. The molecule has 2 rings (SSSR count). The highest BCUT2D eigenvalue weighted by Gasteiger charge is 2.30. The Labute approximate surface area is 101 Å². The van der Waals surface area contributed by atoms with E-state index in [1.54, 1.807) is 0 Å². The highest BCUT2D eigenvalue weighted by molar-refractivity contribution is 9.10. The summed E-state index contributed by atoms with van der Waals surface area (Å²) in [5, 5.41) is 5.46. The minimum absolute atomic E-state index is 0.236. The van der Waals surface area contributed by atoms with Gasteiger partial charge in [-0.15, -0.1) is 11.3 Å². The maximum atomic E-state index is 11.5. The van der Waals surface area contributed by atoms with Gasteiger partial charge in [-0.05, 0) is 28.8 Å². The predicted molar refractivity (Wildman–Crippen MR) is 65.1 cm³/mol. The zero-order valence-electron chi connectivity index (χ0n) is 7.94. The van der Waals surface area contributed by atoms with Crippen LogP contribution in [0.4, 0.5) is 5.13 Å². The first-order chi connectivity index (χ1) is 7.08. The van der Waals surface area contributed by atoms with Crippen molar-refractivity contribution in [1.29, 1.82) is 0 Å². The molecule has 1 aliphatic rings. The molecular weight excluding hydrogens is 300 g/mol. The largest absolute Gasteiger partial charge is 0.360 e. The van der Waals surface area contributed by atoms with Crippen LogP contribution in [0.5, 0.6) is 0 Å². The number of aromatic nitrogens is 1. The molecule has 0 radical (unpaired) electrons. The summed E-state index contributed by atoms with van der Waals surface area (Å²) in [6.07, 6.45) is 1.55. The Kier molecular flexibility index (Phi) is 3.32. The molecule has 0 saturated carbocycles. The van der Waals surface area contributed by atoms with Crippen molar-refractivity contribution >= 4 is 42.2 Å². The van der Waals surface area contributed by atoms with Crippen LogP contribution in [0.2, 0.25) is 0 Å². The van der Waals surface area contributed by atoms with E-state index in [4.69, 9.17) is 0 Å². The van der Waals surface area contributed by atoms with Crippen LogP contribution in [0, 0.1) is 0 Å². The fourth-order valence-electron chi connectivity index (χ4n) is 1.62. The molecule has 1 aromatic rings. The van der Waals surface area contributed by atoms with Crippen LogP contribution in [0.1, 0.15) is 12.8 Å². The van der Waals surface area contributed by atoms with Gasteiger partial charge in [-0.1, -0.05) is 0 Å². The lowest BCUT2D eigenvalue weighted by Gasteiger charge is -2.09. The Hall–Kier alpha value is -0.140. The molecule has 1 aliphatic heterocycles. The number of sulfone groups is 1. The van der Waals surface area contributed by atoms with Gasteiger partial charge < -0.3 is 5.32 Å². The number of hydrogen-bond acceptors (Lipinski definition) is 5. The molecule has 1 N–H and O–H groups in total. The molecular formula is C8H11BrN2O2S2. The van der Waals surface area contributed by atoms with Crippen molar-refractivity contribution in [3.63, 3.8) is 0 Å². The van der Waals surface area contributed by atoms with Gasteiger partial charge in [0.25, 0.3) is 0 Å². The van der Waals surface area contributed by atoms with E-state index in [2.05, 4.69) is 26.2 Å². The maximum absolute atomic E-state index is 11.5. The van der Waals surface area contributed by atoms with Gasteiger partial charge in [0.15, 0.2) is 15.0 Å². The van der Waals surface area contributed by atoms with E-state index >= 15 is 0 Å². The van der Waals surface area contributed by atoms with Crippen LogP contribution < -0.4 is 5.32 Å². The lowest BCUT2D eigenvalue weighted by atomic mass is 10.2. The molecule has 0 aliphatic carbocycles. The van der Waals surface area contributed by atoms with Crippen LogP contribution >= 0.6 is 27.3 Å². The number of thiazole rings is 1.